The largest absolute Gasteiger partial charge is 0.395 e. The van der Waals surface area contributed by atoms with E-state index in [1.807, 2.05) is 0 Å². The second-order valence-electron chi connectivity index (χ2n) is 4.18. The lowest BCUT2D eigenvalue weighted by molar-refractivity contribution is 0.156. The molecule has 2 rings (SSSR count). The van der Waals surface area contributed by atoms with Gasteiger partial charge in [0, 0.05) is 12.6 Å². The van der Waals surface area contributed by atoms with E-state index in [-0.39, 0.29) is 17.8 Å². The van der Waals surface area contributed by atoms with Crippen molar-refractivity contribution >= 4 is 26.7 Å². The molecule has 9 heteroatoms. The zero-order valence-corrected chi connectivity index (χ0v) is 11.7. The molecule has 1 fully saturated rings. The van der Waals surface area contributed by atoms with Gasteiger partial charge in [0.05, 0.1) is 6.61 Å². The van der Waals surface area contributed by atoms with Crippen LogP contribution in [0.1, 0.15) is 24.3 Å². The van der Waals surface area contributed by atoms with Gasteiger partial charge in [-0.15, -0.1) is 10.2 Å². The molecule has 18 heavy (non-hydrogen) atoms. The minimum atomic E-state index is -3.65. The third-order valence-electron chi connectivity index (χ3n) is 2.83. The number of aliphatic hydroxyl groups is 1. The van der Waals surface area contributed by atoms with Gasteiger partial charge in [0.25, 0.3) is 0 Å². The molecule has 7 nitrogen and oxygen atoms in total. The number of hydrogen-bond donors (Lipinski definition) is 2. The molecule has 1 unspecified atom stereocenters. The summed E-state index contributed by atoms with van der Waals surface area (Å²) in [5.74, 6) is 0. The van der Waals surface area contributed by atoms with Crippen LogP contribution in [-0.4, -0.2) is 47.2 Å². The third-order valence-corrected chi connectivity index (χ3v) is 5.27. The van der Waals surface area contributed by atoms with E-state index >= 15 is 0 Å². The SMILES string of the molecule is Cc1nnc(NS(=O)(=O)N2CCCCC2CO)s1. The summed E-state index contributed by atoms with van der Waals surface area (Å²) in [7, 11) is -3.65. The van der Waals surface area contributed by atoms with Crippen molar-refractivity contribution in [1.29, 1.82) is 0 Å². The number of nitrogens with one attached hydrogen (secondary N) is 1. The molecular formula is C9H16N4O3S2. The molecule has 0 aromatic carbocycles. The number of hydrogen-bond acceptors (Lipinski definition) is 6. The van der Waals surface area contributed by atoms with Gasteiger partial charge in [-0.3, -0.25) is 0 Å². The maximum absolute atomic E-state index is 12.2. The highest BCUT2D eigenvalue weighted by atomic mass is 32.2. The fourth-order valence-corrected chi connectivity index (χ4v) is 4.22. The minimum Gasteiger partial charge on any atom is -0.395 e. The summed E-state index contributed by atoms with van der Waals surface area (Å²) in [5.41, 5.74) is 0. The van der Waals surface area contributed by atoms with E-state index in [0.29, 0.717) is 18.0 Å². The van der Waals surface area contributed by atoms with Crippen LogP contribution in [0.25, 0.3) is 0 Å². The van der Waals surface area contributed by atoms with Crippen molar-refractivity contribution in [2.45, 2.75) is 32.2 Å². The highest BCUT2D eigenvalue weighted by Crippen LogP contribution is 2.23. The molecular weight excluding hydrogens is 276 g/mol. The van der Waals surface area contributed by atoms with Crippen molar-refractivity contribution in [3.8, 4) is 0 Å². The van der Waals surface area contributed by atoms with Crippen LogP contribution in [-0.2, 0) is 10.2 Å². The van der Waals surface area contributed by atoms with E-state index in [1.165, 1.54) is 15.6 Å². The number of anilines is 1. The van der Waals surface area contributed by atoms with E-state index in [4.69, 9.17) is 0 Å². The Labute approximate surface area is 110 Å². The van der Waals surface area contributed by atoms with Gasteiger partial charge in [0.1, 0.15) is 5.01 Å². The molecule has 0 radical (unpaired) electrons. The Morgan fingerprint density at radius 2 is 2.28 bits per heavy atom. The van der Waals surface area contributed by atoms with Crippen molar-refractivity contribution in [3.05, 3.63) is 5.01 Å². The molecule has 1 aromatic rings. The molecule has 2 heterocycles. The van der Waals surface area contributed by atoms with Gasteiger partial charge in [-0.25, -0.2) is 4.72 Å². The van der Waals surface area contributed by atoms with Gasteiger partial charge in [0.2, 0.25) is 5.13 Å². The lowest BCUT2D eigenvalue weighted by atomic mass is 10.1. The maximum Gasteiger partial charge on any atom is 0.303 e. The zero-order chi connectivity index (χ0) is 13.2. The smallest absolute Gasteiger partial charge is 0.303 e. The van der Waals surface area contributed by atoms with Crippen LogP contribution in [0, 0.1) is 6.92 Å². The van der Waals surface area contributed by atoms with Crippen molar-refractivity contribution in [2.24, 2.45) is 0 Å². The van der Waals surface area contributed by atoms with E-state index in [2.05, 4.69) is 14.9 Å². The Morgan fingerprint density at radius 1 is 1.50 bits per heavy atom. The fourth-order valence-electron chi connectivity index (χ4n) is 1.98. The Balaban J connectivity index is 2.14. The predicted octanol–water partition coefficient (Wildman–Crippen LogP) is 0.350. The summed E-state index contributed by atoms with van der Waals surface area (Å²) in [6.07, 6.45) is 2.44. The van der Waals surface area contributed by atoms with Crippen molar-refractivity contribution in [2.75, 3.05) is 17.9 Å². The fraction of sp³-hybridized carbons (Fsp3) is 0.778. The van der Waals surface area contributed by atoms with Crippen LogP contribution >= 0.6 is 11.3 Å². The zero-order valence-electron chi connectivity index (χ0n) is 10.0. The van der Waals surface area contributed by atoms with Crippen LogP contribution in [0.5, 0.6) is 0 Å². The first-order chi connectivity index (χ1) is 8.53. The van der Waals surface area contributed by atoms with Gasteiger partial charge in [-0.2, -0.15) is 12.7 Å². The molecule has 1 atom stereocenters. The summed E-state index contributed by atoms with van der Waals surface area (Å²) in [5, 5.41) is 17.7. The maximum atomic E-state index is 12.2. The molecule has 102 valence electrons. The Bertz CT molecular complexity index is 502. The molecule has 2 N–H and O–H groups in total. The standard InChI is InChI=1S/C9H16N4O3S2/c1-7-10-11-9(17-7)12-18(15,16)13-5-3-2-4-8(13)6-14/h8,14H,2-6H2,1H3,(H,11,12). The van der Waals surface area contributed by atoms with Crippen LogP contribution in [0.4, 0.5) is 5.13 Å². The second-order valence-corrected chi connectivity index (χ2v) is 6.98. The van der Waals surface area contributed by atoms with Crippen LogP contribution < -0.4 is 4.72 Å². The average molecular weight is 292 g/mol. The van der Waals surface area contributed by atoms with Crippen molar-refractivity contribution in [1.82, 2.24) is 14.5 Å². The summed E-state index contributed by atoms with van der Waals surface area (Å²) < 4.78 is 28.1. The summed E-state index contributed by atoms with van der Waals surface area (Å²) >= 11 is 1.19. The first-order valence-corrected chi connectivity index (χ1v) is 7.99. The summed E-state index contributed by atoms with van der Waals surface area (Å²) in [6.45, 7) is 2.03. The lowest BCUT2D eigenvalue weighted by Crippen LogP contribution is -2.47. The molecule has 0 amide bonds. The van der Waals surface area contributed by atoms with E-state index < -0.39 is 10.2 Å². The van der Waals surface area contributed by atoms with Gasteiger partial charge in [-0.05, 0) is 19.8 Å². The first kappa shape index (κ1) is 13.7. The molecule has 1 saturated heterocycles. The van der Waals surface area contributed by atoms with E-state index in [0.717, 1.165) is 12.8 Å². The molecule has 0 saturated carbocycles. The first-order valence-electron chi connectivity index (χ1n) is 5.73. The van der Waals surface area contributed by atoms with Gasteiger partial charge in [0.15, 0.2) is 0 Å². The number of aliphatic hydroxyl groups excluding tert-OH is 1. The highest BCUT2D eigenvalue weighted by Gasteiger charge is 2.32. The number of nitrogens with zero attached hydrogens (tertiary/aromatic N) is 3. The number of piperidine rings is 1. The Kier molecular flexibility index (Phi) is 4.15. The quantitative estimate of drug-likeness (QED) is 0.835. The average Bonchev–Trinajstić information content (AvgIpc) is 2.74. The van der Waals surface area contributed by atoms with Crippen LogP contribution in [0.15, 0.2) is 0 Å². The number of aromatic nitrogens is 2. The molecule has 0 spiro atoms. The number of aryl methyl sites for hydroxylation is 1. The van der Waals surface area contributed by atoms with Crippen molar-refractivity contribution in [3.63, 3.8) is 0 Å². The van der Waals surface area contributed by atoms with Gasteiger partial charge in [-0.1, -0.05) is 17.8 Å². The number of rotatable bonds is 4. The molecule has 0 aliphatic carbocycles. The molecule has 1 aliphatic heterocycles. The van der Waals surface area contributed by atoms with E-state index in [9.17, 15) is 13.5 Å². The molecule has 1 aliphatic rings. The van der Waals surface area contributed by atoms with Crippen LogP contribution in [0.2, 0.25) is 0 Å². The Morgan fingerprint density at radius 3 is 2.89 bits per heavy atom. The Hall–Kier alpha value is -0.770. The summed E-state index contributed by atoms with van der Waals surface area (Å²) in [6, 6.07) is -0.342. The minimum absolute atomic E-state index is 0.157. The highest BCUT2D eigenvalue weighted by molar-refractivity contribution is 7.90. The molecule has 1 aromatic heterocycles. The normalized spacial score (nSPS) is 22.0. The summed E-state index contributed by atoms with van der Waals surface area (Å²) in [4.78, 5) is 0. The predicted molar refractivity (Wildman–Crippen MR) is 68.6 cm³/mol. The monoisotopic (exact) mass is 292 g/mol. The second kappa shape index (κ2) is 5.47. The lowest BCUT2D eigenvalue weighted by Gasteiger charge is -2.32. The van der Waals surface area contributed by atoms with Crippen molar-refractivity contribution < 1.29 is 13.5 Å². The van der Waals surface area contributed by atoms with Gasteiger partial charge < -0.3 is 5.11 Å². The van der Waals surface area contributed by atoms with E-state index in [1.54, 1.807) is 6.92 Å². The van der Waals surface area contributed by atoms with Gasteiger partial charge >= 0.3 is 10.2 Å². The molecule has 0 bridgehead atoms. The van der Waals surface area contributed by atoms with Crippen LogP contribution in [0.3, 0.4) is 0 Å². The third kappa shape index (κ3) is 2.97. The topological polar surface area (TPSA) is 95.4 Å².